The van der Waals surface area contributed by atoms with Crippen molar-refractivity contribution in [3.63, 3.8) is 0 Å². The summed E-state index contributed by atoms with van der Waals surface area (Å²) in [5.41, 5.74) is 3.78. The van der Waals surface area contributed by atoms with E-state index >= 15 is 0 Å². The fourth-order valence-electron chi connectivity index (χ4n) is 3.34. The number of benzene rings is 2. The number of anilines is 2. The van der Waals surface area contributed by atoms with Crippen LogP contribution in [-0.4, -0.2) is 35.2 Å². The Morgan fingerprint density at radius 3 is 2.92 bits per heavy atom. The Balaban J connectivity index is 0.00000196. The summed E-state index contributed by atoms with van der Waals surface area (Å²) in [5, 5.41) is 3.30. The number of hydrogen-bond acceptors (Lipinski definition) is 5. The summed E-state index contributed by atoms with van der Waals surface area (Å²) in [6.45, 7) is 2.97. The third kappa shape index (κ3) is 3.47. The van der Waals surface area contributed by atoms with E-state index in [0.717, 1.165) is 42.9 Å². The van der Waals surface area contributed by atoms with Crippen LogP contribution in [0.2, 0.25) is 0 Å². The van der Waals surface area contributed by atoms with E-state index in [9.17, 15) is 8.42 Å². The molecule has 0 fully saturated rings. The second kappa shape index (κ2) is 7.34. The van der Waals surface area contributed by atoms with Gasteiger partial charge in [-0.15, -0.1) is 12.4 Å². The molecule has 4 rings (SSSR count). The number of hydrogen-bond donors (Lipinski definition) is 2. The van der Waals surface area contributed by atoms with Gasteiger partial charge in [-0.25, -0.2) is 8.42 Å². The predicted molar refractivity (Wildman–Crippen MR) is 105 cm³/mol. The second-order valence-corrected chi connectivity index (χ2v) is 8.06. The van der Waals surface area contributed by atoms with Gasteiger partial charge in [-0.1, -0.05) is 12.1 Å². The first-order valence-corrected chi connectivity index (χ1v) is 9.85. The lowest BCUT2D eigenvalue weighted by Crippen LogP contribution is -2.29. The second-order valence-electron chi connectivity index (χ2n) is 6.38. The Kier molecular flexibility index (Phi) is 5.32. The highest BCUT2D eigenvalue weighted by molar-refractivity contribution is 7.92. The van der Waals surface area contributed by atoms with Crippen molar-refractivity contribution >= 4 is 33.8 Å². The minimum Gasteiger partial charge on any atom is -0.490 e. The summed E-state index contributed by atoms with van der Waals surface area (Å²) in [7, 11) is -1.70. The van der Waals surface area contributed by atoms with Crippen LogP contribution in [0.5, 0.6) is 5.75 Å². The van der Waals surface area contributed by atoms with Gasteiger partial charge in [0.25, 0.3) is 10.0 Å². The van der Waals surface area contributed by atoms with Crippen molar-refractivity contribution in [2.24, 2.45) is 0 Å². The Morgan fingerprint density at radius 1 is 1.23 bits per heavy atom. The standard InChI is InChI=1S/C18H21N3O3S.ClH/c1-21-9-10-24-18-11-14(5-6-17(18)21)25(22,23)20-16-4-2-3-13-12-19-8-7-15(13)16;/h2-6,11,19-20H,7-10,12H2,1H3;1H. The molecule has 0 aromatic heterocycles. The van der Waals surface area contributed by atoms with E-state index in [1.54, 1.807) is 18.2 Å². The molecular formula is C18H22ClN3O3S. The summed E-state index contributed by atoms with van der Waals surface area (Å²) in [5.74, 6) is 0.607. The van der Waals surface area contributed by atoms with Gasteiger partial charge in [-0.05, 0) is 42.3 Å². The number of nitrogens with one attached hydrogen (secondary N) is 2. The number of nitrogens with zero attached hydrogens (tertiary/aromatic N) is 1. The Bertz CT molecular complexity index is 918. The third-order valence-corrected chi connectivity index (χ3v) is 6.08. The first-order chi connectivity index (χ1) is 12.0. The van der Waals surface area contributed by atoms with E-state index in [2.05, 4.69) is 14.9 Å². The normalized spacial score (nSPS) is 16.0. The molecule has 0 atom stereocenters. The summed E-state index contributed by atoms with van der Waals surface area (Å²) in [6, 6.07) is 10.8. The van der Waals surface area contributed by atoms with Crippen molar-refractivity contribution in [2.45, 2.75) is 17.9 Å². The maximum Gasteiger partial charge on any atom is 0.262 e. The van der Waals surface area contributed by atoms with Crippen molar-refractivity contribution in [2.75, 3.05) is 36.4 Å². The van der Waals surface area contributed by atoms with Crippen LogP contribution in [0, 0.1) is 0 Å². The fraction of sp³-hybridized carbons (Fsp3) is 0.333. The van der Waals surface area contributed by atoms with E-state index < -0.39 is 10.0 Å². The number of fused-ring (bicyclic) bond motifs is 2. The fourth-order valence-corrected chi connectivity index (χ4v) is 4.44. The van der Waals surface area contributed by atoms with E-state index in [1.165, 1.54) is 0 Å². The van der Waals surface area contributed by atoms with Crippen molar-refractivity contribution in [1.82, 2.24) is 5.32 Å². The Morgan fingerprint density at radius 2 is 2.08 bits per heavy atom. The zero-order valence-corrected chi connectivity index (χ0v) is 16.1. The van der Waals surface area contributed by atoms with Gasteiger partial charge in [0, 0.05) is 19.7 Å². The first kappa shape index (κ1) is 18.8. The quantitative estimate of drug-likeness (QED) is 0.835. The molecule has 2 N–H and O–H groups in total. The molecule has 2 aliphatic heterocycles. The highest BCUT2D eigenvalue weighted by Gasteiger charge is 2.22. The minimum absolute atomic E-state index is 0. The van der Waals surface area contributed by atoms with Gasteiger partial charge in [0.15, 0.2) is 0 Å². The lowest BCUT2D eigenvalue weighted by Gasteiger charge is -2.28. The van der Waals surface area contributed by atoms with Crippen molar-refractivity contribution in [3.05, 3.63) is 47.5 Å². The molecule has 0 saturated carbocycles. The molecule has 0 bridgehead atoms. The van der Waals surface area contributed by atoms with Crippen LogP contribution in [0.4, 0.5) is 11.4 Å². The summed E-state index contributed by atoms with van der Waals surface area (Å²) < 4.78 is 34.1. The smallest absolute Gasteiger partial charge is 0.262 e. The van der Waals surface area contributed by atoms with Crippen LogP contribution in [-0.2, 0) is 23.0 Å². The van der Waals surface area contributed by atoms with Crippen LogP contribution in [0.15, 0.2) is 41.3 Å². The molecule has 0 aliphatic carbocycles. The topological polar surface area (TPSA) is 70.7 Å². The van der Waals surface area contributed by atoms with Crippen LogP contribution >= 0.6 is 12.4 Å². The van der Waals surface area contributed by atoms with E-state index in [0.29, 0.717) is 18.0 Å². The molecule has 8 heteroatoms. The highest BCUT2D eigenvalue weighted by Crippen LogP contribution is 2.34. The molecule has 0 saturated heterocycles. The Labute approximate surface area is 160 Å². The highest BCUT2D eigenvalue weighted by atomic mass is 35.5. The zero-order chi connectivity index (χ0) is 17.4. The summed E-state index contributed by atoms with van der Waals surface area (Å²) >= 11 is 0. The molecule has 0 radical (unpaired) electrons. The van der Waals surface area contributed by atoms with E-state index in [1.807, 2.05) is 25.2 Å². The maximum atomic E-state index is 12.9. The number of halogens is 1. The van der Waals surface area contributed by atoms with Crippen LogP contribution in [0.1, 0.15) is 11.1 Å². The number of likely N-dealkylation sites (N-methyl/N-ethyl adjacent to an activating group) is 1. The number of rotatable bonds is 3. The molecule has 6 nitrogen and oxygen atoms in total. The lowest BCUT2D eigenvalue weighted by atomic mass is 9.99. The van der Waals surface area contributed by atoms with Crippen molar-refractivity contribution in [3.8, 4) is 5.75 Å². The van der Waals surface area contributed by atoms with Gasteiger partial charge in [-0.2, -0.15) is 0 Å². The van der Waals surface area contributed by atoms with Gasteiger partial charge in [0.05, 0.1) is 22.8 Å². The van der Waals surface area contributed by atoms with Crippen LogP contribution < -0.4 is 19.7 Å². The van der Waals surface area contributed by atoms with Gasteiger partial charge in [-0.3, -0.25) is 4.72 Å². The average Bonchev–Trinajstić information content (AvgIpc) is 2.62. The predicted octanol–water partition coefficient (Wildman–Crippen LogP) is 2.38. The molecule has 2 aromatic rings. The van der Waals surface area contributed by atoms with E-state index in [4.69, 9.17) is 4.74 Å². The van der Waals surface area contributed by atoms with Crippen molar-refractivity contribution < 1.29 is 13.2 Å². The Hall–Kier alpha value is -1.96. The monoisotopic (exact) mass is 395 g/mol. The summed E-state index contributed by atoms with van der Waals surface area (Å²) in [4.78, 5) is 2.27. The molecule has 0 spiro atoms. The molecule has 2 aromatic carbocycles. The van der Waals surface area contributed by atoms with Gasteiger partial charge < -0.3 is 15.0 Å². The average molecular weight is 396 g/mol. The number of ether oxygens (including phenoxy) is 1. The largest absolute Gasteiger partial charge is 0.490 e. The molecule has 2 aliphatic rings. The van der Waals surface area contributed by atoms with Gasteiger partial charge in [0.1, 0.15) is 12.4 Å². The zero-order valence-electron chi connectivity index (χ0n) is 14.5. The van der Waals surface area contributed by atoms with Crippen LogP contribution in [0.3, 0.4) is 0 Å². The molecule has 140 valence electrons. The lowest BCUT2D eigenvalue weighted by molar-refractivity contribution is 0.310. The SMILES string of the molecule is CN1CCOc2cc(S(=O)(=O)Nc3cccc4c3CCNC4)ccc21.Cl. The molecule has 2 heterocycles. The molecule has 26 heavy (non-hydrogen) atoms. The third-order valence-electron chi connectivity index (χ3n) is 4.72. The molecule has 0 amide bonds. The van der Waals surface area contributed by atoms with Crippen LogP contribution in [0.25, 0.3) is 0 Å². The number of sulfonamides is 1. The minimum atomic E-state index is -3.67. The first-order valence-electron chi connectivity index (χ1n) is 8.37. The molecular weight excluding hydrogens is 374 g/mol. The van der Waals surface area contributed by atoms with Crippen molar-refractivity contribution in [1.29, 1.82) is 0 Å². The van der Waals surface area contributed by atoms with Gasteiger partial charge >= 0.3 is 0 Å². The van der Waals surface area contributed by atoms with Gasteiger partial charge in [0.2, 0.25) is 0 Å². The summed E-state index contributed by atoms with van der Waals surface area (Å²) in [6.07, 6.45) is 0.812. The molecule has 0 unspecified atom stereocenters. The van der Waals surface area contributed by atoms with E-state index in [-0.39, 0.29) is 17.3 Å². The maximum absolute atomic E-state index is 12.9.